The molecule has 0 saturated heterocycles. The van der Waals surface area contributed by atoms with Crippen LogP contribution in [0.4, 0.5) is 5.69 Å². The molecule has 0 aliphatic heterocycles. The zero-order valence-electron chi connectivity index (χ0n) is 15.5. The Hall–Kier alpha value is -2.25. The Kier molecular flexibility index (Phi) is 7.10. The summed E-state index contributed by atoms with van der Waals surface area (Å²) in [6.07, 6.45) is 1.81. The standard InChI is InChI=1S/C19H23ClN2O4S/c1-4-5-12-21-19(23)17-13-14(6-11-18(17)20)22(2)27(24,25)16-9-7-15(26-3)8-10-16/h6-11,13H,4-5,12H2,1-3H3,(H,21,23). The van der Waals surface area contributed by atoms with E-state index in [0.717, 1.165) is 17.1 Å². The maximum atomic E-state index is 12.9. The van der Waals surface area contributed by atoms with E-state index >= 15 is 0 Å². The molecule has 0 heterocycles. The third-order valence-corrected chi connectivity index (χ3v) is 6.22. The fraction of sp³-hybridized carbons (Fsp3) is 0.316. The maximum absolute atomic E-state index is 12.9. The molecule has 0 unspecified atom stereocenters. The third-order valence-electron chi connectivity index (χ3n) is 4.09. The van der Waals surface area contributed by atoms with Gasteiger partial charge in [0.1, 0.15) is 5.75 Å². The summed E-state index contributed by atoms with van der Waals surface area (Å²) >= 11 is 6.13. The van der Waals surface area contributed by atoms with Gasteiger partial charge < -0.3 is 10.1 Å². The number of anilines is 1. The van der Waals surface area contributed by atoms with Crippen molar-refractivity contribution in [2.45, 2.75) is 24.7 Å². The van der Waals surface area contributed by atoms with Crippen LogP contribution in [0.5, 0.6) is 5.75 Å². The minimum Gasteiger partial charge on any atom is -0.497 e. The van der Waals surface area contributed by atoms with Crippen molar-refractivity contribution >= 4 is 33.2 Å². The number of sulfonamides is 1. The highest BCUT2D eigenvalue weighted by atomic mass is 35.5. The number of ether oxygens (including phenoxy) is 1. The number of benzene rings is 2. The van der Waals surface area contributed by atoms with Crippen LogP contribution in [0.2, 0.25) is 5.02 Å². The summed E-state index contributed by atoms with van der Waals surface area (Å²) < 4.78 is 31.9. The fourth-order valence-corrected chi connectivity index (χ4v) is 3.79. The van der Waals surface area contributed by atoms with Gasteiger partial charge >= 0.3 is 0 Å². The van der Waals surface area contributed by atoms with Gasteiger partial charge in [-0.2, -0.15) is 0 Å². The summed E-state index contributed by atoms with van der Waals surface area (Å²) in [6, 6.07) is 10.7. The molecule has 2 aromatic carbocycles. The van der Waals surface area contributed by atoms with E-state index < -0.39 is 10.0 Å². The number of rotatable bonds is 8. The van der Waals surface area contributed by atoms with E-state index in [1.807, 2.05) is 6.92 Å². The molecule has 6 nitrogen and oxygen atoms in total. The number of carbonyl (C=O) groups is 1. The van der Waals surface area contributed by atoms with Gasteiger partial charge in [0.25, 0.3) is 15.9 Å². The molecule has 146 valence electrons. The first kappa shape index (κ1) is 21.1. The molecule has 27 heavy (non-hydrogen) atoms. The minimum atomic E-state index is -3.79. The van der Waals surface area contributed by atoms with E-state index in [0.29, 0.717) is 18.0 Å². The first-order valence-electron chi connectivity index (χ1n) is 8.52. The van der Waals surface area contributed by atoms with Gasteiger partial charge in [0.2, 0.25) is 0 Å². The highest BCUT2D eigenvalue weighted by molar-refractivity contribution is 7.92. The summed E-state index contributed by atoms with van der Waals surface area (Å²) in [5.74, 6) is 0.236. The van der Waals surface area contributed by atoms with E-state index in [9.17, 15) is 13.2 Å². The lowest BCUT2D eigenvalue weighted by molar-refractivity contribution is 0.0953. The number of hydrogen-bond acceptors (Lipinski definition) is 4. The van der Waals surface area contributed by atoms with Crippen LogP contribution in [-0.4, -0.2) is 35.0 Å². The molecule has 0 bridgehead atoms. The van der Waals surface area contributed by atoms with Crippen LogP contribution >= 0.6 is 11.6 Å². The van der Waals surface area contributed by atoms with Crippen molar-refractivity contribution in [1.29, 1.82) is 0 Å². The van der Waals surface area contributed by atoms with Crippen molar-refractivity contribution in [2.75, 3.05) is 25.0 Å². The quantitative estimate of drug-likeness (QED) is 0.673. The van der Waals surface area contributed by atoms with Crippen molar-refractivity contribution in [1.82, 2.24) is 5.32 Å². The van der Waals surface area contributed by atoms with Crippen LogP contribution in [0.25, 0.3) is 0 Å². The van der Waals surface area contributed by atoms with Gasteiger partial charge in [-0.05, 0) is 48.9 Å². The summed E-state index contributed by atoms with van der Waals surface area (Å²) in [5, 5.41) is 3.05. The third kappa shape index (κ3) is 4.93. The van der Waals surface area contributed by atoms with Crippen LogP contribution in [0.3, 0.4) is 0 Å². The first-order valence-corrected chi connectivity index (χ1v) is 10.3. The van der Waals surface area contributed by atoms with Gasteiger partial charge in [0.15, 0.2) is 0 Å². The summed E-state index contributed by atoms with van der Waals surface area (Å²) in [5.41, 5.74) is 0.581. The molecular formula is C19H23ClN2O4S. The predicted octanol–water partition coefficient (Wildman–Crippen LogP) is 3.70. The topological polar surface area (TPSA) is 75.7 Å². The van der Waals surface area contributed by atoms with Crippen molar-refractivity contribution in [3.63, 3.8) is 0 Å². The van der Waals surface area contributed by atoms with Crippen molar-refractivity contribution in [3.8, 4) is 5.75 Å². The summed E-state index contributed by atoms with van der Waals surface area (Å²) in [6.45, 7) is 2.56. The van der Waals surface area contributed by atoms with Crippen molar-refractivity contribution in [2.24, 2.45) is 0 Å². The van der Waals surface area contributed by atoms with Crippen LogP contribution in [-0.2, 0) is 10.0 Å². The molecule has 0 fully saturated rings. The lowest BCUT2D eigenvalue weighted by atomic mass is 10.2. The van der Waals surface area contributed by atoms with Crippen LogP contribution in [0.15, 0.2) is 47.4 Å². The van der Waals surface area contributed by atoms with E-state index in [-0.39, 0.29) is 21.4 Å². The number of carbonyl (C=O) groups excluding carboxylic acids is 1. The molecule has 0 aromatic heterocycles. The number of amides is 1. The number of unbranched alkanes of at least 4 members (excludes halogenated alkanes) is 1. The predicted molar refractivity (Wildman–Crippen MR) is 107 cm³/mol. The van der Waals surface area contributed by atoms with E-state index in [1.54, 1.807) is 18.2 Å². The highest BCUT2D eigenvalue weighted by Crippen LogP contribution is 2.27. The normalized spacial score (nSPS) is 11.1. The second kappa shape index (κ2) is 9.10. The Morgan fingerprint density at radius 3 is 2.44 bits per heavy atom. The lowest BCUT2D eigenvalue weighted by Gasteiger charge is -2.20. The molecule has 0 radical (unpaired) electrons. The molecule has 2 aromatic rings. The largest absolute Gasteiger partial charge is 0.497 e. The SMILES string of the molecule is CCCCNC(=O)c1cc(N(C)S(=O)(=O)c2ccc(OC)cc2)ccc1Cl. The molecule has 0 spiro atoms. The number of methoxy groups -OCH3 is 1. The second-order valence-electron chi connectivity index (χ2n) is 5.92. The monoisotopic (exact) mass is 410 g/mol. The number of nitrogens with zero attached hydrogens (tertiary/aromatic N) is 1. The summed E-state index contributed by atoms with van der Waals surface area (Å²) in [4.78, 5) is 12.4. The van der Waals surface area contributed by atoms with Gasteiger partial charge in [-0.25, -0.2) is 8.42 Å². The van der Waals surface area contributed by atoms with Gasteiger partial charge in [0, 0.05) is 13.6 Å². The van der Waals surface area contributed by atoms with Crippen LogP contribution in [0.1, 0.15) is 30.1 Å². The average Bonchev–Trinajstić information content (AvgIpc) is 2.68. The number of nitrogens with one attached hydrogen (secondary N) is 1. The average molecular weight is 411 g/mol. The Morgan fingerprint density at radius 2 is 1.85 bits per heavy atom. The molecule has 0 saturated carbocycles. The van der Waals surface area contributed by atoms with E-state index in [2.05, 4.69) is 5.32 Å². The Balaban J connectivity index is 2.30. The molecule has 0 aliphatic rings. The zero-order chi connectivity index (χ0) is 20.0. The molecule has 1 N–H and O–H groups in total. The first-order chi connectivity index (χ1) is 12.8. The maximum Gasteiger partial charge on any atom is 0.264 e. The molecule has 0 aliphatic carbocycles. The smallest absolute Gasteiger partial charge is 0.264 e. The van der Waals surface area contributed by atoms with E-state index in [4.69, 9.17) is 16.3 Å². The molecule has 0 atom stereocenters. The number of halogens is 1. The zero-order valence-corrected chi connectivity index (χ0v) is 17.1. The second-order valence-corrected chi connectivity index (χ2v) is 8.30. The van der Waals surface area contributed by atoms with Gasteiger partial charge in [-0.15, -0.1) is 0 Å². The Morgan fingerprint density at radius 1 is 1.19 bits per heavy atom. The van der Waals surface area contributed by atoms with Gasteiger partial charge in [-0.1, -0.05) is 24.9 Å². The molecule has 8 heteroatoms. The van der Waals surface area contributed by atoms with Crippen molar-refractivity contribution < 1.29 is 17.9 Å². The van der Waals surface area contributed by atoms with Gasteiger partial charge in [-0.3, -0.25) is 9.10 Å². The Labute approximate surface area is 165 Å². The minimum absolute atomic E-state index is 0.120. The molecule has 1 amide bonds. The Bertz CT molecular complexity index is 898. The van der Waals surface area contributed by atoms with Crippen molar-refractivity contribution in [3.05, 3.63) is 53.1 Å². The molecule has 2 rings (SSSR count). The fourth-order valence-electron chi connectivity index (χ4n) is 2.40. The lowest BCUT2D eigenvalue weighted by Crippen LogP contribution is -2.28. The molecular weight excluding hydrogens is 388 g/mol. The van der Waals surface area contributed by atoms with Crippen LogP contribution in [0, 0.1) is 0 Å². The summed E-state index contributed by atoms with van der Waals surface area (Å²) in [7, 11) is -0.848. The highest BCUT2D eigenvalue weighted by Gasteiger charge is 2.23. The van der Waals surface area contributed by atoms with Crippen LogP contribution < -0.4 is 14.4 Å². The van der Waals surface area contributed by atoms with Gasteiger partial charge in [0.05, 0.1) is 28.3 Å². The number of hydrogen-bond donors (Lipinski definition) is 1. The van der Waals surface area contributed by atoms with E-state index in [1.165, 1.54) is 38.4 Å².